The molecule has 1 N–H and O–H groups in total. The zero-order valence-electron chi connectivity index (χ0n) is 26.8. The van der Waals surface area contributed by atoms with E-state index in [-0.39, 0.29) is 35.6 Å². The molecule has 0 aromatic heterocycles. The molecule has 3 fully saturated rings. The van der Waals surface area contributed by atoms with Crippen molar-refractivity contribution in [2.75, 3.05) is 37.7 Å². The van der Waals surface area contributed by atoms with Crippen molar-refractivity contribution in [3.8, 4) is 5.75 Å². The summed E-state index contributed by atoms with van der Waals surface area (Å²) in [5.41, 5.74) is 0.740. The van der Waals surface area contributed by atoms with Gasteiger partial charge in [0.05, 0.1) is 23.2 Å². The number of carbonyl (C=O) groups is 3. The number of likely N-dealkylation sites (tertiary alicyclic amines) is 1. The molecule has 4 rings (SSSR count). The van der Waals surface area contributed by atoms with Crippen molar-refractivity contribution in [1.29, 1.82) is 0 Å². The van der Waals surface area contributed by atoms with Crippen molar-refractivity contribution in [3.63, 3.8) is 0 Å². The van der Waals surface area contributed by atoms with Gasteiger partial charge in [-0.1, -0.05) is 38.3 Å². The number of ether oxygens (including phenoxy) is 1. The highest BCUT2D eigenvalue weighted by molar-refractivity contribution is 8.02. The van der Waals surface area contributed by atoms with Crippen LogP contribution >= 0.6 is 11.8 Å². The molecule has 3 aliphatic heterocycles. The fraction of sp³-hybridized carbons (Fsp3) is 0.629. The Kier molecular flexibility index (Phi) is 12.0. The molecule has 3 aliphatic rings. The quantitative estimate of drug-likeness (QED) is 0.172. The van der Waals surface area contributed by atoms with Gasteiger partial charge in [0.15, 0.2) is 0 Å². The smallest absolute Gasteiger partial charge is 0.247 e. The number of rotatable bonds is 18. The Hall–Kier alpha value is -2.78. The van der Waals surface area contributed by atoms with Crippen molar-refractivity contribution in [2.45, 2.75) is 94.2 Å². The third-order valence-corrected chi connectivity index (χ3v) is 11.5. The lowest BCUT2D eigenvalue weighted by molar-refractivity contribution is -0.143. The minimum absolute atomic E-state index is 0.0191. The van der Waals surface area contributed by atoms with Gasteiger partial charge in [0.2, 0.25) is 17.7 Å². The maximum absolute atomic E-state index is 14.6. The number of benzene rings is 1. The average molecular weight is 626 g/mol. The van der Waals surface area contributed by atoms with Crippen LogP contribution in [0.25, 0.3) is 0 Å². The topological polar surface area (TPSA) is 90.4 Å². The van der Waals surface area contributed by atoms with Crippen LogP contribution in [0, 0.1) is 11.8 Å². The van der Waals surface area contributed by atoms with Crippen LogP contribution < -0.4 is 9.64 Å². The number of anilines is 1. The molecule has 3 unspecified atom stereocenters. The van der Waals surface area contributed by atoms with Gasteiger partial charge in [0, 0.05) is 43.2 Å². The van der Waals surface area contributed by atoms with E-state index in [1.165, 1.54) is 0 Å². The van der Waals surface area contributed by atoms with Gasteiger partial charge in [0.1, 0.15) is 11.8 Å². The molecule has 44 heavy (non-hydrogen) atoms. The van der Waals surface area contributed by atoms with E-state index in [0.29, 0.717) is 26.2 Å². The third-order valence-electron chi connectivity index (χ3n) is 9.51. The first-order valence-corrected chi connectivity index (χ1v) is 17.3. The van der Waals surface area contributed by atoms with Gasteiger partial charge < -0.3 is 24.5 Å². The summed E-state index contributed by atoms with van der Waals surface area (Å²) in [6.45, 7) is 15.9. The summed E-state index contributed by atoms with van der Waals surface area (Å²) in [4.78, 5) is 49.1. The number of aliphatic hydroxyl groups is 1. The molecule has 242 valence electrons. The molecule has 0 aliphatic carbocycles. The van der Waals surface area contributed by atoms with E-state index in [1.807, 2.05) is 41.0 Å². The predicted octanol–water partition coefficient (Wildman–Crippen LogP) is 5.45. The summed E-state index contributed by atoms with van der Waals surface area (Å²) in [6.07, 6.45) is 10.1. The van der Waals surface area contributed by atoms with Crippen LogP contribution in [0.3, 0.4) is 0 Å². The fourth-order valence-corrected chi connectivity index (χ4v) is 9.79. The lowest BCUT2D eigenvalue weighted by Gasteiger charge is -2.39. The Morgan fingerprint density at radius 3 is 2.45 bits per heavy atom. The fourth-order valence-electron chi connectivity index (χ4n) is 7.58. The number of aliphatic hydroxyl groups excluding tert-OH is 1. The highest BCUT2D eigenvalue weighted by Gasteiger charge is 2.74. The minimum Gasteiger partial charge on any atom is -0.494 e. The number of hydrogen-bond acceptors (Lipinski definition) is 6. The molecule has 1 spiro atoms. The second kappa shape index (κ2) is 15.5. The summed E-state index contributed by atoms with van der Waals surface area (Å²) < 4.78 is 4.98. The summed E-state index contributed by atoms with van der Waals surface area (Å²) >= 11 is 1.72. The van der Waals surface area contributed by atoms with Gasteiger partial charge in [-0.2, -0.15) is 0 Å². The standard InChI is InChI=1S/C35H51N3O5S/c1-6-14-25(5)36(21-7-2)34(42)31-35-20-19-28(44-35)29(30(35)33(41)38(31)23-12-10-11-13-24-39)32(40)37(22-8-3)26-15-17-27(18-16-26)43-9-4/h7-8,15-18,25,28-31,39H,2-3,6,9-14,19-24H2,1,4-5H3/t25?,28-,29+,30+,31?,35?/m1/s1. The van der Waals surface area contributed by atoms with E-state index in [1.54, 1.807) is 28.8 Å². The van der Waals surface area contributed by atoms with Crippen LogP contribution in [-0.4, -0.2) is 87.6 Å². The Balaban J connectivity index is 1.69. The molecule has 0 saturated carbocycles. The van der Waals surface area contributed by atoms with Gasteiger partial charge in [0.25, 0.3) is 0 Å². The zero-order valence-corrected chi connectivity index (χ0v) is 27.6. The maximum Gasteiger partial charge on any atom is 0.247 e. The van der Waals surface area contributed by atoms with Crippen molar-refractivity contribution < 1.29 is 24.2 Å². The summed E-state index contributed by atoms with van der Waals surface area (Å²) in [6, 6.07) is 6.89. The Labute approximate surface area is 267 Å². The van der Waals surface area contributed by atoms with E-state index in [4.69, 9.17) is 4.74 Å². The zero-order chi connectivity index (χ0) is 31.9. The van der Waals surface area contributed by atoms with E-state index in [0.717, 1.165) is 62.8 Å². The molecule has 0 radical (unpaired) electrons. The van der Waals surface area contributed by atoms with Gasteiger partial charge in [-0.25, -0.2) is 0 Å². The van der Waals surface area contributed by atoms with Crippen molar-refractivity contribution in [3.05, 3.63) is 49.6 Å². The Bertz CT molecular complexity index is 1180. The number of nitrogens with zero attached hydrogens (tertiary/aromatic N) is 3. The number of carbonyl (C=O) groups excluding carboxylic acids is 3. The van der Waals surface area contributed by atoms with E-state index >= 15 is 0 Å². The van der Waals surface area contributed by atoms with Crippen molar-refractivity contribution in [2.24, 2.45) is 11.8 Å². The first-order chi connectivity index (χ1) is 21.3. The molecule has 3 amide bonds. The third kappa shape index (κ3) is 6.59. The van der Waals surface area contributed by atoms with E-state index < -0.39 is 22.6 Å². The van der Waals surface area contributed by atoms with Gasteiger partial charge >= 0.3 is 0 Å². The van der Waals surface area contributed by atoms with Gasteiger partial charge in [-0.3, -0.25) is 14.4 Å². The van der Waals surface area contributed by atoms with Crippen LogP contribution in [0.5, 0.6) is 5.75 Å². The first-order valence-electron chi connectivity index (χ1n) is 16.4. The molecule has 3 saturated heterocycles. The molecular formula is C35H51N3O5S. The Morgan fingerprint density at radius 1 is 1.11 bits per heavy atom. The number of thioether (sulfide) groups is 1. The molecule has 9 heteroatoms. The summed E-state index contributed by atoms with van der Waals surface area (Å²) in [5.74, 6) is -0.487. The minimum atomic E-state index is -0.631. The molecule has 8 nitrogen and oxygen atoms in total. The van der Waals surface area contributed by atoms with Crippen LogP contribution in [0.2, 0.25) is 0 Å². The monoisotopic (exact) mass is 625 g/mol. The van der Waals surface area contributed by atoms with Crippen molar-refractivity contribution in [1.82, 2.24) is 9.80 Å². The van der Waals surface area contributed by atoms with Crippen molar-refractivity contribution >= 4 is 35.2 Å². The summed E-state index contributed by atoms with van der Waals surface area (Å²) in [7, 11) is 0. The number of fused-ring (bicyclic) bond motifs is 1. The Morgan fingerprint density at radius 2 is 1.82 bits per heavy atom. The van der Waals surface area contributed by atoms with Gasteiger partial charge in [-0.15, -0.1) is 24.9 Å². The van der Waals surface area contributed by atoms with Crippen LogP contribution in [0.15, 0.2) is 49.6 Å². The number of amides is 3. The second-order valence-electron chi connectivity index (χ2n) is 12.3. The molecule has 3 heterocycles. The van der Waals surface area contributed by atoms with Gasteiger partial charge in [-0.05, 0) is 70.2 Å². The largest absolute Gasteiger partial charge is 0.494 e. The predicted molar refractivity (Wildman–Crippen MR) is 178 cm³/mol. The SMILES string of the molecule is C=CCN(C(=O)[C@@H]1[C@H]2C(=O)N(CCCCCCO)C(C(=O)N(CC=C)C(C)CCC)C23CC[C@H]1S3)c1ccc(OCC)cc1. The second-order valence-corrected chi connectivity index (χ2v) is 13.9. The lowest BCUT2D eigenvalue weighted by atomic mass is 9.70. The molecular weight excluding hydrogens is 574 g/mol. The van der Waals surface area contributed by atoms with Crippen LogP contribution in [0.4, 0.5) is 5.69 Å². The maximum atomic E-state index is 14.6. The number of unbranched alkanes of at least 4 members (excludes halogenated alkanes) is 3. The highest BCUT2D eigenvalue weighted by atomic mass is 32.2. The molecule has 6 atom stereocenters. The molecule has 2 bridgehead atoms. The molecule has 1 aromatic rings. The molecule has 1 aromatic carbocycles. The normalized spacial score (nSPS) is 25.9. The highest BCUT2D eigenvalue weighted by Crippen LogP contribution is 2.66. The lowest BCUT2D eigenvalue weighted by Crippen LogP contribution is -2.56. The average Bonchev–Trinajstić information content (AvgIpc) is 3.66. The van der Waals surface area contributed by atoms with Crippen LogP contribution in [-0.2, 0) is 14.4 Å². The number of hydrogen-bond donors (Lipinski definition) is 1. The first kappa shape index (κ1) is 34.1. The summed E-state index contributed by atoms with van der Waals surface area (Å²) in [5, 5.41) is 9.21. The van der Waals surface area contributed by atoms with Crippen LogP contribution in [0.1, 0.15) is 72.1 Å². The van der Waals surface area contributed by atoms with E-state index in [9.17, 15) is 19.5 Å². The van der Waals surface area contributed by atoms with E-state index in [2.05, 4.69) is 27.0 Å².